The Balaban J connectivity index is 1.16. The van der Waals surface area contributed by atoms with Gasteiger partial charge in [-0.25, -0.2) is 19.0 Å². The number of nitrogens with one attached hydrogen (secondary N) is 3. The third-order valence-corrected chi connectivity index (χ3v) is 6.00. The molecule has 12 heteroatoms. The van der Waals surface area contributed by atoms with Gasteiger partial charge in [-0.1, -0.05) is 6.07 Å². The van der Waals surface area contributed by atoms with E-state index in [0.29, 0.717) is 42.1 Å². The number of pyridine rings is 1. The highest BCUT2D eigenvalue weighted by Crippen LogP contribution is 2.40. The fraction of sp³-hybridized carbons (Fsp3) is 0.348. The Labute approximate surface area is 200 Å². The van der Waals surface area contributed by atoms with Crippen LogP contribution < -0.4 is 10.6 Å². The molecule has 35 heavy (non-hydrogen) atoms. The standard InChI is InChI=1S/C23H25FN10O/c1-12-6-19(33-32-12)30-23-29-14(3)28-21(31-23)16-7-17(8-16)22(35)27-13(2)15-4-5-20(25-9-15)34-11-18(24)10-26-34/h4-6,9-11,13,16-17H,7-8H2,1-3H3,(H,27,35)(H2,28,29,30,31,32,33)/t13-,16?,17?/m0/s1. The van der Waals surface area contributed by atoms with E-state index < -0.39 is 5.82 Å². The molecule has 1 amide bonds. The topological polar surface area (TPSA) is 139 Å². The number of H-pyrrole nitrogens is 1. The zero-order chi connectivity index (χ0) is 24.5. The predicted octanol–water partition coefficient (Wildman–Crippen LogP) is 3.05. The first-order chi connectivity index (χ1) is 16.8. The lowest BCUT2D eigenvalue weighted by Crippen LogP contribution is -2.39. The van der Waals surface area contributed by atoms with Gasteiger partial charge in [0.1, 0.15) is 11.6 Å². The monoisotopic (exact) mass is 476 g/mol. The maximum absolute atomic E-state index is 13.2. The molecule has 1 aliphatic carbocycles. The van der Waals surface area contributed by atoms with E-state index in [-0.39, 0.29) is 23.8 Å². The number of rotatable bonds is 7. The van der Waals surface area contributed by atoms with Gasteiger partial charge < -0.3 is 10.6 Å². The van der Waals surface area contributed by atoms with Gasteiger partial charge in [0, 0.05) is 29.8 Å². The van der Waals surface area contributed by atoms with Crippen molar-refractivity contribution in [2.24, 2.45) is 5.92 Å². The molecular weight excluding hydrogens is 451 g/mol. The van der Waals surface area contributed by atoms with Crippen LogP contribution in [0.4, 0.5) is 16.2 Å². The average molecular weight is 477 g/mol. The van der Waals surface area contributed by atoms with Crippen LogP contribution in [0.1, 0.15) is 54.6 Å². The van der Waals surface area contributed by atoms with Crippen LogP contribution in [0.2, 0.25) is 0 Å². The second-order valence-electron chi connectivity index (χ2n) is 8.77. The molecule has 1 atom stereocenters. The van der Waals surface area contributed by atoms with E-state index in [0.717, 1.165) is 17.5 Å². The SMILES string of the molecule is Cc1nc(Nc2cc(C)[nH]n2)nc(C2CC(C(=O)N[C@@H](C)c3ccc(-n4cc(F)cn4)nc3)C2)n1. The predicted molar refractivity (Wildman–Crippen MR) is 125 cm³/mol. The quantitative estimate of drug-likeness (QED) is 0.370. The maximum atomic E-state index is 13.2. The second kappa shape index (κ2) is 9.20. The van der Waals surface area contributed by atoms with Crippen LogP contribution in [-0.4, -0.2) is 45.8 Å². The van der Waals surface area contributed by atoms with Crippen molar-refractivity contribution in [2.45, 2.75) is 45.6 Å². The zero-order valence-electron chi connectivity index (χ0n) is 19.5. The van der Waals surface area contributed by atoms with Crippen molar-refractivity contribution < 1.29 is 9.18 Å². The van der Waals surface area contributed by atoms with E-state index in [4.69, 9.17) is 0 Å². The number of aromatic nitrogens is 8. The van der Waals surface area contributed by atoms with Crippen molar-refractivity contribution in [3.63, 3.8) is 0 Å². The van der Waals surface area contributed by atoms with Gasteiger partial charge in [-0.05, 0) is 45.2 Å². The van der Waals surface area contributed by atoms with Gasteiger partial charge in [-0.3, -0.25) is 9.89 Å². The minimum atomic E-state index is -0.428. The lowest BCUT2D eigenvalue weighted by Gasteiger charge is -2.34. The number of aromatic amines is 1. The summed E-state index contributed by atoms with van der Waals surface area (Å²) in [5, 5.41) is 17.1. The molecule has 0 radical (unpaired) electrons. The summed E-state index contributed by atoms with van der Waals surface area (Å²) in [4.78, 5) is 30.5. The van der Waals surface area contributed by atoms with Crippen molar-refractivity contribution in [3.8, 4) is 5.82 Å². The molecule has 0 bridgehead atoms. The Bertz CT molecular complexity index is 1340. The van der Waals surface area contributed by atoms with Crippen LogP contribution in [0.3, 0.4) is 0 Å². The van der Waals surface area contributed by atoms with Crippen LogP contribution in [0.5, 0.6) is 0 Å². The van der Waals surface area contributed by atoms with Crippen molar-refractivity contribution in [1.29, 1.82) is 0 Å². The summed E-state index contributed by atoms with van der Waals surface area (Å²) in [6, 6.07) is 5.23. The van der Waals surface area contributed by atoms with E-state index in [1.54, 1.807) is 12.3 Å². The van der Waals surface area contributed by atoms with Gasteiger partial charge in [0.15, 0.2) is 17.5 Å². The van der Waals surface area contributed by atoms with Gasteiger partial charge in [0.05, 0.1) is 18.4 Å². The molecule has 0 spiro atoms. The number of halogens is 1. The Kier molecular flexibility index (Phi) is 5.93. The molecule has 1 aliphatic rings. The maximum Gasteiger partial charge on any atom is 0.231 e. The van der Waals surface area contributed by atoms with E-state index in [1.165, 1.54) is 10.9 Å². The fourth-order valence-electron chi connectivity index (χ4n) is 4.01. The summed E-state index contributed by atoms with van der Waals surface area (Å²) in [6.45, 7) is 5.64. The Morgan fingerprint density at radius 2 is 2.03 bits per heavy atom. The molecular formula is C23H25FN10O. The van der Waals surface area contributed by atoms with Crippen LogP contribution in [0.25, 0.3) is 5.82 Å². The zero-order valence-corrected chi connectivity index (χ0v) is 19.5. The molecule has 4 aromatic rings. The van der Waals surface area contributed by atoms with Crippen LogP contribution in [0, 0.1) is 25.6 Å². The van der Waals surface area contributed by atoms with E-state index >= 15 is 0 Å². The summed E-state index contributed by atoms with van der Waals surface area (Å²) < 4.78 is 14.5. The van der Waals surface area contributed by atoms with Crippen LogP contribution >= 0.6 is 0 Å². The van der Waals surface area contributed by atoms with Crippen molar-refractivity contribution >= 4 is 17.7 Å². The Hall–Kier alpha value is -4.22. The van der Waals surface area contributed by atoms with Crippen LogP contribution in [-0.2, 0) is 4.79 Å². The summed E-state index contributed by atoms with van der Waals surface area (Å²) in [5.41, 5.74) is 1.78. The first-order valence-electron chi connectivity index (χ1n) is 11.3. The second-order valence-corrected chi connectivity index (χ2v) is 8.77. The van der Waals surface area contributed by atoms with E-state index in [9.17, 15) is 9.18 Å². The van der Waals surface area contributed by atoms with Gasteiger partial charge in [0.2, 0.25) is 11.9 Å². The number of amides is 1. The van der Waals surface area contributed by atoms with E-state index in [1.807, 2.05) is 32.9 Å². The summed E-state index contributed by atoms with van der Waals surface area (Å²) in [7, 11) is 0. The number of nitrogens with zero attached hydrogens (tertiary/aromatic N) is 7. The number of carbonyl (C=O) groups excluding carboxylic acids is 1. The van der Waals surface area contributed by atoms with Crippen molar-refractivity contribution in [2.75, 3.05) is 5.32 Å². The highest BCUT2D eigenvalue weighted by atomic mass is 19.1. The number of anilines is 2. The molecule has 180 valence electrons. The highest BCUT2D eigenvalue weighted by molar-refractivity contribution is 5.80. The number of carbonyl (C=O) groups is 1. The smallest absolute Gasteiger partial charge is 0.231 e. The molecule has 11 nitrogen and oxygen atoms in total. The molecule has 0 saturated heterocycles. The van der Waals surface area contributed by atoms with E-state index in [2.05, 4.69) is 45.9 Å². The number of hydrogen-bond acceptors (Lipinski definition) is 8. The van der Waals surface area contributed by atoms with Gasteiger partial charge in [-0.2, -0.15) is 20.2 Å². The molecule has 4 heterocycles. The number of hydrogen-bond donors (Lipinski definition) is 3. The minimum absolute atomic E-state index is 0.0110. The normalized spacial score (nSPS) is 18.1. The first-order valence-corrected chi connectivity index (χ1v) is 11.3. The largest absolute Gasteiger partial charge is 0.349 e. The lowest BCUT2D eigenvalue weighted by atomic mass is 9.74. The molecule has 4 aromatic heterocycles. The van der Waals surface area contributed by atoms with Gasteiger partial charge in [-0.15, -0.1) is 0 Å². The number of aryl methyl sites for hydroxylation is 2. The molecule has 5 rings (SSSR count). The minimum Gasteiger partial charge on any atom is -0.349 e. The lowest BCUT2D eigenvalue weighted by molar-refractivity contribution is -0.128. The summed E-state index contributed by atoms with van der Waals surface area (Å²) >= 11 is 0. The molecule has 1 saturated carbocycles. The summed E-state index contributed by atoms with van der Waals surface area (Å²) in [5.74, 6) is 2.42. The third kappa shape index (κ3) is 5.00. The highest BCUT2D eigenvalue weighted by Gasteiger charge is 2.38. The van der Waals surface area contributed by atoms with Gasteiger partial charge >= 0.3 is 0 Å². The fourth-order valence-corrected chi connectivity index (χ4v) is 4.01. The van der Waals surface area contributed by atoms with Crippen molar-refractivity contribution in [3.05, 3.63) is 65.5 Å². The van der Waals surface area contributed by atoms with Crippen molar-refractivity contribution in [1.82, 2.24) is 45.2 Å². The Morgan fingerprint density at radius 3 is 2.69 bits per heavy atom. The molecule has 0 aromatic carbocycles. The average Bonchev–Trinajstić information content (AvgIpc) is 3.40. The first kappa shape index (κ1) is 22.6. The summed E-state index contributed by atoms with van der Waals surface area (Å²) in [6.07, 6.45) is 5.38. The molecule has 0 unspecified atom stereocenters. The molecule has 3 N–H and O–H groups in total. The van der Waals surface area contributed by atoms with Crippen LogP contribution in [0.15, 0.2) is 36.8 Å². The molecule has 1 fully saturated rings. The molecule has 0 aliphatic heterocycles. The Morgan fingerprint density at radius 1 is 1.20 bits per heavy atom. The third-order valence-electron chi connectivity index (χ3n) is 6.00. The van der Waals surface area contributed by atoms with Gasteiger partial charge in [0.25, 0.3) is 0 Å².